The van der Waals surface area contributed by atoms with Gasteiger partial charge < -0.3 is 5.32 Å². The summed E-state index contributed by atoms with van der Waals surface area (Å²) in [7, 11) is 0. The summed E-state index contributed by atoms with van der Waals surface area (Å²) in [5.74, 6) is -0.0824. The maximum absolute atomic E-state index is 11.8. The van der Waals surface area contributed by atoms with Crippen LogP contribution in [0, 0.1) is 5.41 Å². The second kappa shape index (κ2) is 4.53. The first-order valence-electron chi connectivity index (χ1n) is 5.56. The van der Waals surface area contributed by atoms with Crippen molar-refractivity contribution in [3.8, 4) is 0 Å². The third kappa shape index (κ3) is 2.61. The van der Waals surface area contributed by atoms with Gasteiger partial charge in [0, 0.05) is 6.54 Å². The van der Waals surface area contributed by atoms with Crippen LogP contribution in [0.1, 0.15) is 36.7 Å². The smallest absolute Gasteiger partial charge is 0.269 e. The van der Waals surface area contributed by atoms with Gasteiger partial charge >= 0.3 is 0 Å². The fourth-order valence-corrected chi connectivity index (χ4v) is 2.07. The minimum atomic E-state index is -0.0824. The molecule has 1 aromatic rings. The van der Waals surface area contributed by atoms with Crippen molar-refractivity contribution < 1.29 is 4.79 Å². The Bertz CT molecular complexity index is 402. The number of nitrogens with zero attached hydrogens (tertiary/aromatic N) is 1. The van der Waals surface area contributed by atoms with E-state index >= 15 is 0 Å². The van der Waals surface area contributed by atoms with E-state index in [-0.39, 0.29) is 5.91 Å². The summed E-state index contributed by atoms with van der Waals surface area (Å²) in [4.78, 5) is 15.9. The number of amides is 1. The second-order valence-corrected chi connectivity index (χ2v) is 5.19. The summed E-state index contributed by atoms with van der Waals surface area (Å²) in [6.45, 7) is 2.95. The summed E-state index contributed by atoms with van der Waals surface area (Å²) < 4.78 is 0.691. The molecule has 1 amide bonds. The van der Waals surface area contributed by atoms with E-state index in [1.54, 1.807) is 6.07 Å². The highest BCUT2D eigenvalue weighted by molar-refractivity contribution is 9.10. The van der Waals surface area contributed by atoms with Gasteiger partial charge in [-0.3, -0.25) is 4.79 Å². The minimum Gasteiger partial charge on any atom is -0.350 e. The summed E-state index contributed by atoms with van der Waals surface area (Å²) in [6, 6.07) is 5.36. The van der Waals surface area contributed by atoms with Gasteiger partial charge in [-0.25, -0.2) is 4.98 Å². The average Bonchev–Trinajstić information content (AvgIpc) is 3.07. The molecule has 3 nitrogen and oxygen atoms in total. The molecule has 0 unspecified atom stereocenters. The molecule has 2 rings (SSSR count). The molecule has 1 heterocycles. The molecule has 4 heteroatoms. The third-order valence-electron chi connectivity index (χ3n) is 3.28. The van der Waals surface area contributed by atoms with Crippen molar-refractivity contribution in [3.05, 3.63) is 28.5 Å². The molecule has 86 valence electrons. The number of hydrogen-bond acceptors (Lipinski definition) is 2. The lowest BCUT2D eigenvalue weighted by molar-refractivity contribution is 0.0939. The zero-order valence-electron chi connectivity index (χ0n) is 9.29. The summed E-state index contributed by atoms with van der Waals surface area (Å²) in [5.41, 5.74) is 0.850. The maximum atomic E-state index is 11.8. The monoisotopic (exact) mass is 282 g/mol. The summed E-state index contributed by atoms with van der Waals surface area (Å²) in [5, 5.41) is 2.96. The number of carbonyl (C=O) groups is 1. The largest absolute Gasteiger partial charge is 0.350 e. The molecule has 0 saturated heterocycles. The van der Waals surface area contributed by atoms with Gasteiger partial charge in [-0.1, -0.05) is 13.0 Å². The van der Waals surface area contributed by atoms with E-state index in [0.29, 0.717) is 15.7 Å². The van der Waals surface area contributed by atoms with Crippen LogP contribution in [0.15, 0.2) is 22.8 Å². The van der Waals surface area contributed by atoms with Gasteiger partial charge in [0.2, 0.25) is 0 Å². The van der Waals surface area contributed by atoms with Crippen molar-refractivity contribution in [1.29, 1.82) is 0 Å². The second-order valence-electron chi connectivity index (χ2n) is 4.38. The average molecular weight is 283 g/mol. The lowest BCUT2D eigenvalue weighted by Gasteiger charge is -2.12. The van der Waals surface area contributed by atoms with Crippen LogP contribution in [0.3, 0.4) is 0 Å². The zero-order valence-corrected chi connectivity index (χ0v) is 10.9. The van der Waals surface area contributed by atoms with Gasteiger partial charge in [-0.05, 0) is 52.7 Å². The van der Waals surface area contributed by atoms with E-state index in [4.69, 9.17) is 0 Å². The van der Waals surface area contributed by atoms with Crippen molar-refractivity contribution in [2.24, 2.45) is 5.41 Å². The van der Waals surface area contributed by atoms with Crippen LogP contribution in [0.4, 0.5) is 0 Å². The van der Waals surface area contributed by atoms with Crippen molar-refractivity contribution in [1.82, 2.24) is 10.3 Å². The lowest BCUT2D eigenvalue weighted by atomic mass is 10.0. The number of pyridine rings is 1. The summed E-state index contributed by atoms with van der Waals surface area (Å²) >= 11 is 3.26. The standard InChI is InChI=1S/C12H15BrN2O/c1-2-12(6-7-12)8-14-11(16)9-4-3-5-10(13)15-9/h3-5H,2,6-8H2,1H3,(H,14,16). The van der Waals surface area contributed by atoms with Gasteiger partial charge in [0.25, 0.3) is 5.91 Å². The topological polar surface area (TPSA) is 42.0 Å². The van der Waals surface area contributed by atoms with Gasteiger partial charge in [0.05, 0.1) is 0 Å². The highest BCUT2D eigenvalue weighted by Crippen LogP contribution is 2.47. The maximum Gasteiger partial charge on any atom is 0.269 e. The van der Waals surface area contributed by atoms with E-state index < -0.39 is 0 Å². The van der Waals surface area contributed by atoms with Crippen LogP contribution < -0.4 is 5.32 Å². The molecule has 0 atom stereocenters. The summed E-state index contributed by atoms with van der Waals surface area (Å²) in [6.07, 6.45) is 3.60. The Balaban J connectivity index is 1.93. The molecule has 1 N–H and O–H groups in total. The molecule has 1 aliphatic rings. The van der Waals surface area contributed by atoms with Crippen LogP contribution in [0.5, 0.6) is 0 Å². The number of rotatable bonds is 4. The zero-order chi connectivity index (χ0) is 11.6. The number of aromatic nitrogens is 1. The molecule has 1 saturated carbocycles. The highest BCUT2D eigenvalue weighted by atomic mass is 79.9. The van der Waals surface area contributed by atoms with Crippen LogP contribution in [0.25, 0.3) is 0 Å². The normalized spacial score (nSPS) is 16.9. The Morgan fingerprint density at radius 3 is 2.88 bits per heavy atom. The van der Waals surface area contributed by atoms with Gasteiger partial charge in [-0.2, -0.15) is 0 Å². The number of carbonyl (C=O) groups excluding carboxylic acids is 1. The molecule has 1 aliphatic carbocycles. The SMILES string of the molecule is CCC1(CNC(=O)c2cccc(Br)n2)CC1. The van der Waals surface area contributed by atoms with E-state index in [1.807, 2.05) is 12.1 Å². The van der Waals surface area contributed by atoms with Crippen molar-refractivity contribution in [2.45, 2.75) is 26.2 Å². The van der Waals surface area contributed by atoms with Crippen molar-refractivity contribution in [2.75, 3.05) is 6.54 Å². The predicted molar refractivity (Wildman–Crippen MR) is 66.2 cm³/mol. The molecule has 0 aliphatic heterocycles. The quantitative estimate of drug-likeness (QED) is 0.863. The Kier molecular flexibility index (Phi) is 3.28. The molecule has 1 fully saturated rings. The molecule has 0 radical (unpaired) electrons. The van der Waals surface area contributed by atoms with Crippen molar-refractivity contribution in [3.63, 3.8) is 0 Å². The minimum absolute atomic E-state index is 0.0824. The Labute approximate surface area is 104 Å². The first-order chi connectivity index (χ1) is 7.65. The Morgan fingerprint density at radius 1 is 1.56 bits per heavy atom. The number of nitrogens with one attached hydrogen (secondary N) is 1. The Morgan fingerprint density at radius 2 is 2.31 bits per heavy atom. The lowest BCUT2D eigenvalue weighted by Crippen LogP contribution is -2.30. The molecule has 0 bridgehead atoms. The van der Waals surface area contributed by atoms with Gasteiger partial charge in [0.1, 0.15) is 10.3 Å². The van der Waals surface area contributed by atoms with Crippen LogP contribution >= 0.6 is 15.9 Å². The molecule has 1 aromatic heterocycles. The fraction of sp³-hybridized carbons (Fsp3) is 0.500. The third-order valence-corrected chi connectivity index (χ3v) is 3.72. The Hall–Kier alpha value is -0.900. The van der Waals surface area contributed by atoms with E-state index in [0.717, 1.165) is 13.0 Å². The van der Waals surface area contributed by atoms with Gasteiger partial charge in [0.15, 0.2) is 0 Å². The highest BCUT2D eigenvalue weighted by Gasteiger charge is 2.40. The van der Waals surface area contributed by atoms with E-state index in [2.05, 4.69) is 33.2 Å². The first kappa shape index (κ1) is 11.6. The number of halogens is 1. The van der Waals surface area contributed by atoms with Crippen molar-refractivity contribution >= 4 is 21.8 Å². The molecule has 16 heavy (non-hydrogen) atoms. The van der Waals surface area contributed by atoms with Crippen LogP contribution in [0.2, 0.25) is 0 Å². The molecule has 0 spiro atoms. The van der Waals surface area contributed by atoms with Gasteiger partial charge in [-0.15, -0.1) is 0 Å². The van der Waals surface area contributed by atoms with Crippen LogP contribution in [-0.2, 0) is 0 Å². The van der Waals surface area contributed by atoms with E-state index in [1.165, 1.54) is 12.8 Å². The fourth-order valence-electron chi connectivity index (χ4n) is 1.73. The number of hydrogen-bond donors (Lipinski definition) is 1. The molecule has 0 aromatic carbocycles. The molecular weight excluding hydrogens is 268 g/mol. The van der Waals surface area contributed by atoms with E-state index in [9.17, 15) is 4.79 Å². The molecular formula is C12H15BrN2O. The van der Waals surface area contributed by atoms with Crippen LogP contribution in [-0.4, -0.2) is 17.4 Å². The first-order valence-corrected chi connectivity index (χ1v) is 6.35. The predicted octanol–water partition coefficient (Wildman–Crippen LogP) is 2.76.